The highest BCUT2D eigenvalue weighted by Crippen LogP contribution is 2.42. The summed E-state index contributed by atoms with van der Waals surface area (Å²) in [5.74, 6) is -0.990. The van der Waals surface area contributed by atoms with Crippen molar-refractivity contribution in [3.63, 3.8) is 0 Å². The maximum Gasteiger partial charge on any atom is 0.303 e. The molecule has 0 aromatic heterocycles. The van der Waals surface area contributed by atoms with E-state index in [1.807, 2.05) is 36.4 Å². The number of nitrogens with zero attached hydrogens (tertiary/aromatic N) is 1. The van der Waals surface area contributed by atoms with Gasteiger partial charge in [0.05, 0.1) is 18.8 Å². The quantitative estimate of drug-likeness (QED) is 0.0959. The molecular weight excluding hydrogens is 604 g/mol. The topological polar surface area (TPSA) is 108 Å². The van der Waals surface area contributed by atoms with Crippen LogP contribution >= 0.6 is 0 Å². The van der Waals surface area contributed by atoms with Crippen LogP contribution in [0.3, 0.4) is 0 Å². The van der Waals surface area contributed by atoms with Crippen molar-refractivity contribution in [3.8, 4) is 0 Å². The van der Waals surface area contributed by atoms with Crippen molar-refractivity contribution in [3.05, 3.63) is 65.2 Å². The van der Waals surface area contributed by atoms with Gasteiger partial charge in [-0.1, -0.05) is 121 Å². The summed E-state index contributed by atoms with van der Waals surface area (Å²) in [6.45, 7) is 9.76. The van der Waals surface area contributed by atoms with E-state index in [0.717, 1.165) is 36.3 Å². The van der Waals surface area contributed by atoms with Gasteiger partial charge in [-0.15, -0.1) is 0 Å². The Bertz CT molecular complexity index is 1160. The fraction of sp³-hybridized carbons (Fsp3) is 0.650. The normalized spacial score (nSPS) is 19.4. The number of rotatable bonds is 24. The molecule has 268 valence electrons. The smallest absolute Gasteiger partial charge is 0.303 e. The number of anilines is 1. The first kappa shape index (κ1) is 39.7. The number of hydrogen-bond acceptors (Lipinski definition) is 6. The number of aliphatic carboxylic acids is 1. The molecular formula is C40H62N2O6. The zero-order valence-electron chi connectivity index (χ0n) is 29.8. The van der Waals surface area contributed by atoms with Gasteiger partial charge < -0.3 is 29.9 Å². The van der Waals surface area contributed by atoms with Crippen LogP contribution in [0.5, 0.6) is 0 Å². The van der Waals surface area contributed by atoms with Crippen molar-refractivity contribution in [1.29, 1.82) is 0 Å². The number of aliphatic hydroxyl groups is 1. The molecule has 2 aromatic rings. The Morgan fingerprint density at radius 3 is 1.85 bits per heavy atom. The first-order chi connectivity index (χ1) is 23.3. The Kier molecular flexibility index (Phi) is 18.8. The van der Waals surface area contributed by atoms with E-state index < -0.39 is 12.3 Å². The number of carboxylic acids is 1. The predicted molar refractivity (Wildman–Crippen MR) is 193 cm³/mol. The summed E-state index contributed by atoms with van der Waals surface area (Å²) in [6.07, 6.45) is 15.0. The Morgan fingerprint density at radius 2 is 1.29 bits per heavy atom. The molecule has 2 aromatic carbocycles. The minimum absolute atomic E-state index is 0.00398. The first-order valence-electron chi connectivity index (χ1n) is 18.7. The van der Waals surface area contributed by atoms with Crippen molar-refractivity contribution < 1.29 is 29.3 Å². The lowest BCUT2D eigenvalue weighted by Crippen LogP contribution is -2.45. The van der Waals surface area contributed by atoms with Gasteiger partial charge in [0.1, 0.15) is 0 Å². The van der Waals surface area contributed by atoms with Crippen LogP contribution in [0.2, 0.25) is 0 Å². The van der Waals surface area contributed by atoms with Crippen molar-refractivity contribution in [2.24, 2.45) is 5.92 Å². The molecule has 8 heteroatoms. The molecule has 1 amide bonds. The van der Waals surface area contributed by atoms with Gasteiger partial charge in [-0.25, -0.2) is 0 Å². The molecule has 0 spiro atoms. The van der Waals surface area contributed by atoms with E-state index in [1.54, 1.807) is 0 Å². The van der Waals surface area contributed by atoms with E-state index in [0.29, 0.717) is 12.1 Å². The standard InChI is InChI=1S/C40H62N2O6/c1-4-6-8-10-12-14-27-42(28-15-13-11-9-7-5-2)29-36-31(3)39(33-21-19-32(30-43)20-22-33)48-40(47-36)34-23-25-35(26-24-34)41-37(44)17-16-18-38(45)46/h19-26,31,36,39-40,43H,4-18,27-30H2,1-3H3,(H,41,44)(H,45,46)/t31-,36+,39+,40+/m1/s1. The third-order valence-electron chi connectivity index (χ3n) is 9.48. The summed E-state index contributed by atoms with van der Waals surface area (Å²) >= 11 is 0. The SMILES string of the molecule is CCCCCCCCN(CCCCCCCC)C[C@@H]1O[C@H](c2ccc(NC(=O)CCCC(=O)O)cc2)O[C@H](c2ccc(CO)cc2)[C@@H]1C. The number of unbranched alkanes of at least 4 members (excludes halogenated alkanes) is 10. The van der Waals surface area contributed by atoms with Crippen LogP contribution in [0.25, 0.3) is 0 Å². The fourth-order valence-corrected chi connectivity index (χ4v) is 6.46. The molecule has 1 saturated heterocycles. The molecule has 1 fully saturated rings. The molecule has 0 bridgehead atoms. The predicted octanol–water partition coefficient (Wildman–Crippen LogP) is 9.19. The van der Waals surface area contributed by atoms with Gasteiger partial charge in [-0.3, -0.25) is 9.59 Å². The number of nitrogens with one attached hydrogen (secondary N) is 1. The van der Waals surface area contributed by atoms with Crippen LogP contribution in [0.15, 0.2) is 48.5 Å². The minimum atomic E-state index is -0.900. The van der Waals surface area contributed by atoms with Crippen LogP contribution in [-0.4, -0.2) is 52.7 Å². The number of carboxylic acid groups (broad SMARTS) is 1. The molecule has 1 aliphatic heterocycles. The first-order valence-corrected chi connectivity index (χ1v) is 18.7. The molecule has 4 atom stereocenters. The highest BCUT2D eigenvalue weighted by Gasteiger charge is 2.39. The molecule has 1 aliphatic rings. The Morgan fingerprint density at radius 1 is 0.729 bits per heavy atom. The van der Waals surface area contributed by atoms with Crippen molar-refractivity contribution in [2.75, 3.05) is 25.0 Å². The highest BCUT2D eigenvalue weighted by atomic mass is 16.7. The average Bonchev–Trinajstić information content (AvgIpc) is 3.08. The monoisotopic (exact) mass is 666 g/mol. The van der Waals surface area contributed by atoms with Crippen molar-refractivity contribution in [2.45, 2.75) is 142 Å². The maximum atomic E-state index is 12.3. The molecule has 0 unspecified atom stereocenters. The molecule has 0 aliphatic carbocycles. The van der Waals surface area contributed by atoms with Crippen LogP contribution in [0, 0.1) is 5.92 Å². The van der Waals surface area contributed by atoms with Gasteiger partial charge in [-0.05, 0) is 55.6 Å². The summed E-state index contributed by atoms with van der Waals surface area (Å²) in [5, 5.41) is 21.3. The summed E-state index contributed by atoms with van der Waals surface area (Å²) in [6, 6.07) is 15.6. The summed E-state index contributed by atoms with van der Waals surface area (Å²) < 4.78 is 13.5. The largest absolute Gasteiger partial charge is 0.481 e. The molecule has 8 nitrogen and oxygen atoms in total. The van der Waals surface area contributed by atoms with E-state index in [1.165, 1.54) is 77.0 Å². The van der Waals surface area contributed by atoms with Gasteiger partial charge in [0, 0.05) is 36.6 Å². The minimum Gasteiger partial charge on any atom is -0.481 e. The van der Waals surface area contributed by atoms with Crippen molar-refractivity contribution >= 4 is 17.6 Å². The molecule has 48 heavy (non-hydrogen) atoms. The Hall–Kier alpha value is -2.78. The third kappa shape index (κ3) is 14.4. The van der Waals surface area contributed by atoms with Gasteiger partial charge >= 0.3 is 5.97 Å². The van der Waals surface area contributed by atoms with E-state index in [2.05, 4.69) is 43.1 Å². The van der Waals surface area contributed by atoms with Crippen LogP contribution in [0.1, 0.15) is 146 Å². The number of hydrogen-bond donors (Lipinski definition) is 3. The second-order valence-corrected chi connectivity index (χ2v) is 13.6. The molecule has 1 heterocycles. The lowest BCUT2D eigenvalue weighted by atomic mass is 9.90. The number of benzene rings is 2. The number of ether oxygens (including phenoxy) is 2. The summed E-state index contributed by atoms with van der Waals surface area (Å²) in [5.41, 5.74) is 3.48. The van der Waals surface area contributed by atoms with Gasteiger partial charge in [-0.2, -0.15) is 0 Å². The second-order valence-electron chi connectivity index (χ2n) is 13.6. The molecule has 0 saturated carbocycles. The number of carbonyl (C=O) groups excluding carboxylic acids is 1. The zero-order valence-corrected chi connectivity index (χ0v) is 29.8. The van der Waals surface area contributed by atoms with E-state index in [9.17, 15) is 14.7 Å². The molecule has 3 N–H and O–H groups in total. The van der Waals surface area contributed by atoms with E-state index >= 15 is 0 Å². The molecule has 0 radical (unpaired) electrons. The maximum absolute atomic E-state index is 12.3. The van der Waals surface area contributed by atoms with Gasteiger partial charge in [0.15, 0.2) is 6.29 Å². The van der Waals surface area contributed by atoms with Crippen molar-refractivity contribution in [1.82, 2.24) is 4.90 Å². The second kappa shape index (κ2) is 22.8. The zero-order chi connectivity index (χ0) is 34.6. The lowest BCUT2D eigenvalue weighted by Gasteiger charge is -2.43. The lowest BCUT2D eigenvalue weighted by molar-refractivity contribution is -0.276. The van der Waals surface area contributed by atoms with Gasteiger partial charge in [0.2, 0.25) is 5.91 Å². The summed E-state index contributed by atoms with van der Waals surface area (Å²) in [4.78, 5) is 25.7. The number of carbonyl (C=O) groups is 2. The fourth-order valence-electron chi connectivity index (χ4n) is 6.46. The van der Waals surface area contributed by atoms with Crippen LogP contribution < -0.4 is 5.32 Å². The van der Waals surface area contributed by atoms with Crippen LogP contribution in [-0.2, 0) is 25.7 Å². The van der Waals surface area contributed by atoms with E-state index in [-0.39, 0.29) is 43.5 Å². The van der Waals surface area contributed by atoms with Crippen LogP contribution in [0.4, 0.5) is 5.69 Å². The number of amides is 1. The van der Waals surface area contributed by atoms with Gasteiger partial charge in [0.25, 0.3) is 0 Å². The molecule has 3 rings (SSSR count). The highest BCUT2D eigenvalue weighted by molar-refractivity contribution is 5.90. The third-order valence-corrected chi connectivity index (χ3v) is 9.48. The Balaban J connectivity index is 1.74. The van der Waals surface area contributed by atoms with E-state index in [4.69, 9.17) is 14.6 Å². The number of aliphatic hydroxyl groups excluding tert-OH is 1. The average molecular weight is 667 g/mol. The summed E-state index contributed by atoms with van der Waals surface area (Å²) in [7, 11) is 0. The Labute approximate surface area is 289 Å².